The van der Waals surface area contributed by atoms with E-state index in [2.05, 4.69) is 47.8 Å². The molecule has 76 valence electrons. The largest absolute Gasteiger partial charge is 0.397 e. The van der Waals surface area contributed by atoms with Gasteiger partial charge in [-0.05, 0) is 6.92 Å². The minimum Gasteiger partial charge on any atom is -0.397 e. The second kappa shape index (κ2) is 10.4. The summed E-state index contributed by atoms with van der Waals surface area (Å²) < 4.78 is 0. The maximum absolute atomic E-state index is 8.89. The number of aliphatic hydroxyl groups excluding tert-OH is 2. The second-order valence-corrected chi connectivity index (χ2v) is 4.06. The molecule has 0 aromatic carbocycles. The zero-order valence-corrected chi connectivity index (χ0v) is 11.8. The summed E-state index contributed by atoms with van der Waals surface area (Å²) in [6.45, 7) is 2.13. The molecule has 0 saturated heterocycles. The Morgan fingerprint density at radius 3 is 1.25 bits per heavy atom. The van der Waals surface area contributed by atoms with Crippen LogP contribution in [0.1, 0.15) is 6.92 Å². The molecule has 5 heteroatoms. The highest BCUT2D eigenvalue weighted by Gasteiger charge is 2.25. The Kier molecular flexibility index (Phi) is 13.8. The second-order valence-electron chi connectivity index (χ2n) is 2.38. The lowest BCUT2D eigenvalue weighted by Crippen LogP contribution is -2.30. The Balaban J connectivity index is 0. The molecular weight excluding hydrogens is 356 g/mol. The third-order valence-corrected chi connectivity index (χ3v) is 4.75. The van der Waals surface area contributed by atoms with Gasteiger partial charge in [-0.2, -0.15) is 0 Å². The highest BCUT2D eigenvalue weighted by atomic mass is 79.9. The lowest BCUT2D eigenvalue weighted by atomic mass is 9.98. The first-order valence-electron chi connectivity index (χ1n) is 3.56. The molecule has 2 nitrogen and oxygen atoms in total. The van der Waals surface area contributed by atoms with Crippen molar-refractivity contribution in [3.05, 3.63) is 0 Å². The van der Waals surface area contributed by atoms with E-state index >= 15 is 0 Å². The van der Waals surface area contributed by atoms with Crippen LogP contribution in [0, 0.1) is 5.41 Å². The summed E-state index contributed by atoms with van der Waals surface area (Å²) in [4.78, 5) is 0. The summed E-state index contributed by atoms with van der Waals surface area (Å²) >= 11 is 10.0. The summed E-state index contributed by atoms with van der Waals surface area (Å²) in [6.07, 6.45) is 0. The van der Waals surface area contributed by atoms with Gasteiger partial charge in [0.25, 0.3) is 0 Å². The highest BCUT2D eigenvalue weighted by molar-refractivity contribution is 9.10. The summed E-state index contributed by atoms with van der Waals surface area (Å²) in [7, 11) is 0. The van der Waals surface area contributed by atoms with E-state index in [1.807, 2.05) is 0 Å². The van der Waals surface area contributed by atoms with Crippen LogP contribution in [0.15, 0.2) is 0 Å². The number of aliphatic hydroxyl groups is 2. The maximum atomic E-state index is 8.89. The van der Waals surface area contributed by atoms with Gasteiger partial charge in [0.2, 0.25) is 0 Å². The third kappa shape index (κ3) is 6.83. The molecule has 0 aromatic heterocycles. The molecule has 0 aliphatic rings. The molecule has 0 rings (SSSR count). The molecule has 0 spiro atoms. The van der Waals surface area contributed by atoms with Crippen molar-refractivity contribution in [2.75, 3.05) is 29.2 Å². The Labute approximate surface area is 99.1 Å². The van der Waals surface area contributed by atoms with E-state index in [0.717, 1.165) is 16.0 Å². The van der Waals surface area contributed by atoms with Crippen molar-refractivity contribution in [2.24, 2.45) is 5.41 Å². The molecule has 2 N–H and O–H groups in total. The molecule has 12 heavy (non-hydrogen) atoms. The zero-order valence-electron chi connectivity index (χ0n) is 7.06. The molecule has 0 aliphatic carbocycles. The van der Waals surface area contributed by atoms with Gasteiger partial charge < -0.3 is 10.2 Å². The van der Waals surface area contributed by atoms with E-state index < -0.39 is 0 Å². The van der Waals surface area contributed by atoms with Crippen LogP contribution in [0.5, 0.6) is 0 Å². The molecule has 0 amide bonds. The fourth-order valence-electron chi connectivity index (χ4n) is 0.234. The molecule has 0 unspecified atom stereocenters. The van der Waals surface area contributed by atoms with Crippen LogP contribution in [-0.2, 0) is 0 Å². The molecule has 0 aromatic rings. The minimum absolute atomic E-state index is 0.0278. The lowest BCUT2D eigenvalue weighted by molar-refractivity contribution is 0.191. The quantitative estimate of drug-likeness (QED) is 0.744. The summed E-state index contributed by atoms with van der Waals surface area (Å²) in [5, 5.41) is 18.9. The SMILES string of the molecule is CCO.OCC(CBr)(CBr)CBr. The molecule has 0 fully saturated rings. The van der Waals surface area contributed by atoms with Gasteiger partial charge >= 0.3 is 0 Å². The van der Waals surface area contributed by atoms with Crippen molar-refractivity contribution in [3.8, 4) is 0 Å². The van der Waals surface area contributed by atoms with E-state index in [0.29, 0.717) is 0 Å². The van der Waals surface area contributed by atoms with Crippen molar-refractivity contribution >= 4 is 47.8 Å². The summed E-state index contributed by atoms with van der Waals surface area (Å²) in [5.74, 6) is 0. The van der Waals surface area contributed by atoms with Crippen molar-refractivity contribution < 1.29 is 10.2 Å². The van der Waals surface area contributed by atoms with Gasteiger partial charge in [0.05, 0.1) is 6.61 Å². The third-order valence-electron chi connectivity index (χ3n) is 1.19. The van der Waals surface area contributed by atoms with Crippen LogP contribution in [0.3, 0.4) is 0 Å². The van der Waals surface area contributed by atoms with E-state index in [4.69, 9.17) is 10.2 Å². The Bertz CT molecular complexity index is 69.2. The van der Waals surface area contributed by atoms with Crippen molar-refractivity contribution in [1.29, 1.82) is 0 Å². The standard InChI is InChI=1S/C5H9Br3O.C2H6O/c6-1-5(2-7,3-8)4-9;1-2-3/h9H,1-4H2;3H,2H2,1H3. The van der Waals surface area contributed by atoms with Crippen LogP contribution in [0.25, 0.3) is 0 Å². The van der Waals surface area contributed by atoms with Crippen molar-refractivity contribution in [3.63, 3.8) is 0 Å². The molecule has 0 bridgehead atoms. The van der Waals surface area contributed by atoms with E-state index in [1.54, 1.807) is 6.92 Å². The molecule has 0 aliphatic heterocycles. The van der Waals surface area contributed by atoms with Gasteiger partial charge in [-0.3, -0.25) is 0 Å². The minimum atomic E-state index is -0.0278. The Morgan fingerprint density at radius 1 is 1.00 bits per heavy atom. The highest BCUT2D eigenvalue weighted by Crippen LogP contribution is 2.24. The number of hydrogen-bond donors (Lipinski definition) is 2. The number of rotatable bonds is 4. The molecular formula is C7H15Br3O2. The zero-order chi connectivity index (χ0) is 10.0. The molecule has 0 radical (unpaired) electrons. The Hall–Kier alpha value is 1.36. The van der Waals surface area contributed by atoms with Crippen molar-refractivity contribution in [2.45, 2.75) is 6.92 Å². The summed E-state index contributed by atoms with van der Waals surface area (Å²) in [6, 6.07) is 0. The lowest BCUT2D eigenvalue weighted by Gasteiger charge is -2.23. The molecule has 0 heterocycles. The van der Waals surface area contributed by atoms with Gasteiger partial charge in [-0.1, -0.05) is 47.8 Å². The van der Waals surface area contributed by atoms with Gasteiger partial charge in [0, 0.05) is 28.0 Å². The van der Waals surface area contributed by atoms with Gasteiger partial charge in [0.1, 0.15) is 0 Å². The average molecular weight is 371 g/mol. The van der Waals surface area contributed by atoms with Crippen molar-refractivity contribution in [1.82, 2.24) is 0 Å². The van der Waals surface area contributed by atoms with E-state index in [9.17, 15) is 0 Å². The van der Waals surface area contributed by atoms with Gasteiger partial charge in [-0.25, -0.2) is 0 Å². The summed E-state index contributed by atoms with van der Waals surface area (Å²) in [5.41, 5.74) is -0.0278. The average Bonchev–Trinajstić information content (AvgIpc) is 2.11. The van der Waals surface area contributed by atoms with Gasteiger partial charge in [0.15, 0.2) is 0 Å². The molecule has 0 saturated carbocycles. The smallest absolute Gasteiger partial charge is 0.0511 e. The number of halogens is 3. The predicted molar refractivity (Wildman–Crippen MR) is 63.7 cm³/mol. The maximum Gasteiger partial charge on any atom is 0.0511 e. The van der Waals surface area contributed by atoms with Crippen LogP contribution < -0.4 is 0 Å². The van der Waals surface area contributed by atoms with E-state index in [1.165, 1.54) is 0 Å². The van der Waals surface area contributed by atoms with Gasteiger partial charge in [-0.15, -0.1) is 0 Å². The molecule has 0 atom stereocenters. The monoisotopic (exact) mass is 368 g/mol. The fourth-order valence-corrected chi connectivity index (χ4v) is 3.55. The van der Waals surface area contributed by atoms with Crippen LogP contribution in [-0.4, -0.2) is 39.4 Å². The van der Waals surface area contributed by atoms with Crippen LogP contribution in [0.2, 0.25) is 0 Å². The first-order chi connectivity index (χ1) is 5.66. The Morgan fingerprint density at radius 2 is 1.25 bits per heavy atom. The first kappa shape index (κ1) is 15.8. The van der Waals surface area contributed by atoms with Crippen LogP contribution >= 0.6 is 47.8 Å². The topological polar surface area (TPSA) is 40.5 Å². The van der Waals surface area contributed by atoms with E-state index in [-0.39, 0.29) is 18.6 Å². The predicted octanol–water partition coefficient (Wildman–Crippen LogP) is 2.15. The fraction of sp³-hybridized carbons (Fsp3) is 1.00. The normalized spacial score (nSPS) is 10.5. The van der Waals surface area contributed by atoms with Crippen LogP contribution in [0.4, 0.5) is 0 Å². The number of alkyl halides is 3. The first-order valence-corrected chi connectivity index (χ1v) is 6.92. The number of hydrogen-bond acceptors (Lipinski definition) is 2.